The highest BCUT2D eigenvalue weighted by atomic mass is 127. The van der Waals surface area contributed by atoms with E-state index in [2.05, 4.69) is 52.9 Å². The first-order valence-corrected chi connectivity index (χ1v) is 11.4. The number of guanidine groups is 1. The number of aliphatic imine (C=N–C) groups is 1. The molecule has 0 unspecified atom stereocenters. The van der Waals surface area contributed by atoms with E-state index in [1.54, 1.807) is 0 Å². The van der Waals surface area contributed by atoms with E-state index < -0.39 is 0 Å². The lowest BCUT2D eigenvalue weighted by Crippen LogP contribution is -2.38. The van der Waals surface area contributed by atoms with E-state index in [1.807, 2.05) is 30.3 Å². The summed E-state index contributed by atoms with van der Waals surface area (Å²) in [6, 6.07) is 16.2. The highest BCUT2D eigenvalue weighted by Gasteiger charge is 2.12. The number of amides is 1. The van der Waals surface area contributed by atoms with Crippen LogP contribution in [0.5, 0.6) is 0 Å². The molecule has 2 aromatic rings. The van der Waals surface area contributed by atoms with Gasteiger partial charge in [0.05, 0.1) is 19.8 Å². The molecule has 0 aromatic heterocycles. The number of rotatable bonds is 9. The topological polar surface area (TPSA) is 78.0 Å². The maximum Gasteiger partial charge on any atom is 0.225 e. The van der Waals surface area contributed by atoms with Crippen LogP contribution in [0.15, 0.2) is 53.5 Å². The molecule has 8 heteroatoms. The van der Waals surface area contributed by atoms with Gasteiger partial charge in [0.2, 0.25) is 5.91 Å². The molecular weight excluding hydrogens is 529 g/mol. The Bertz CT molecular complexity index is 900. The molecule has 7 nitrogen and oxygen atoms in total. The number of benzene rings is 2. The Morgan fingerprint density at radius 2 is 1.88 bits per heavy atom. The maximum atomic E-state index is 12.3. The van der Waals surface area contributed by atoms with Gasteiger partial charge < -0.3 is 20.7 Å². The fourth-order valence-corrected chi connectivity index (χ4v) is 3.55. The van der Waals surface area contributed by atoms with Crippen LogP contribution in [0.1, 0.15) is 30.0 Å². The van der Waals surface area contributed by atoms with Gasteiger partial charge >= 0.3 is 0 Å². The Kier molecular flexibility index (Phi) is 12.2. The Morgan fingerprint density at radius 3 is 2.64 bits per heavy atom. The minimum Gasteiger partial charge on any atom is -0.379 e. The normalized spacial score (nSPS) is 14.3. The summed E-state index contributed by atoms with van der Waals surface area (Å²) in [7, 11) is 0. The SMILES string of the molecule is CCNC(=NCc1cccc(NC(=O)CCN2CCOCC2)c1)NCc1ccccc1C.I. The Labute approximate surface area is 214 Å². The van der Waals surface area contributed by atoms with Gasteiger partial charge in [-0.05, 0) is 42.7 Å². The van der Waals surface area contributed by atoms with Crippen molar-refractivity contribution in [1.29, 1.82) is 0 Å². The van der Waals surface area contributed by atoms with Gasteiger partial charge in [-0.25, -0.2) is 4.99 Å². The van der Waals surface area contributed by atoms with Gasteiger partial charge in [0.1, 0.15) is 0 Å². The third-order valence-electron chi connectivity index (χ3n) is 5.44. The van der Waals surface area contributed by atoms with E-state index >= 15 is 0 Å². The summed E-state index contributed by atoms with van der Waals surface area (Å²) in [6.45, 7) is 10.3. The van der Waals surface area contributed by atoms with Crippen molar-refractivity contribution in [3.8, 4) is 0 Å². The van der Waals surface area contributed by atoms with E-state index in [9.17, 15) is 4.79 Å². The third-order valence-corrected chi connectivity index (χ3v) is 5.44. The fourth-order valence-electron chi connectivity index (χ4n) is 3.55. The predicted molar refractivity (Wildman–Crippen MR) is 145 cm³/mol. The molecule has 2 aromatic carbocycles. The monoisotopic (exact) mass is 565 g/mol. The highest BCUT2D eigenvalue weighted by Crippen LogP contribution is 2.12. The number of aryl methyl sites for hydroxylation is 1. The molecule has 3 rings (SSSR count). The molecule has 3 N–H and O–H groups in total. The number of ether oxygens (including phenoxy) is 1. The molecule has 33 heavy (non-hydrogen) atoms. The molecule has 0 bridgehead atoms. The molecule has 1 heterocycles. The molecule has 0 atom stereocenters. The molecule has 1 amide bonds. The van der Waals surface area contributed by atoms with Gasteiger partial charge in [-0.15, -0.1) is 24.0 Å². The summed E-state index contributed by atoms with van der Waals surface area (Å²) in [5.41, 5.74) is 4.36. The largest absolute Gasteiger partial charge is 0.379 e. The summed E-state index contributed by atoms with van der Waals surface area (Å²) < 4.78 is 5.35. The van der Waals surface area contributed by atoms with Crippen molar-refractivity contribution in [2.75, 3.05) is 44.7 Å². The number of nitrogens with one attached hydrogen (secondary N) is 3. The summed E-state index contributed by atoms with van der Waals surface area (Å²) >= 11 is 0. The van der Waals surface area contributed by atoms with E-state index in [0.717, 1.165) is 63.1 Å². The van der Waals surface area contributed by atoms with Crippen molar-refractivity contribution in [3.05, 3.63) is 65.2 Å². The van der Waals surface area contributed by atoms with Gasteiger partial charge in [0, 0.05) is 44.8 Å². The second-order valence-electron chi connectivity index (χ2n) is 7.93. The molecule has 1 aliphatic rings. The number of morpholine rings is 1. The standard InChI is InChI=1S/C25H35N5O2.HI/c1-3-26-25(28-19-22-9-5-4-7-20(22)2)27-18-21-8-6-10-23(17-21)29-24(31)11-12-30-13-15-32-16-14-30;/h4-10,17H,3,11-16,18-19H2,1-2H3,(H,29,31)(H2,26,27,28);1H. The van der Waals surface area contributed by atoms with Gasteiger partial charge in [-0.2, -0.15) is 0 Å². The second kappa shape index (κ2) is 14.9. The average molecular weight is 566 g/mol. The molecule has 0 radical (unpaired) electrons. The average Bonchev–Trinajstić information content (AvgIpc) is 2.81. The molecule has 0 aliphatic carbocycles. The Balaban J connectivity index is 0.00000385. The predicted octanol–water partition coefficient (Wildman–Crippen LogP) is 3.53. The lowest BCUT2D eigenvalue weighted by Gasteiger charge is -2.26. The van der Waals surface area contributed by atoms with Crippen molar-refractivity contribution in [2.45, 2.75) is 33.4 Å². The number of halogens is 1. The summed E-state index contributed by atoms with van der Waals surface area (Å²) in [4.78, 5) is 19.3. The third kappa shape index (κ3) is 9.69. The van der Waals surface area contributed by atoms with E-state index in [-0.39, 0.29) is 29.9 Å². The number of hydrogen-bond acceptors (Lipinski definition) is 4. The lowest BCUT2D eigenvalue weighted by atomic mass is 10.1. The first-order chi connectivity index (χ1) is 15.6. The summed E-state index contributed by atoms with van der Waals surface area (Å²) in [6.07, 6.45) is 0.482. The van der Waals surface area contributed by atoms with Crippen LogP contribution in [0.25, 0.3) is 0 Å². The fraction of sp³-hybridized carbons (Fsp3) is 0.440. The smallest absolute Gasteiger partial charge is 0.225 e. The number of carbonyl (C=O) groups excluding carboxylic acids is 1. The van der Waals surface area contributed by atoms with E-state index in [0.29, 0.717) is 13.0 Å². The Morgan fingerprint density at radius 1 is 1.09 bits per heavy atom. The molecule has 0 spiro atoms. The maximum absolute atomic E-state index is 12.3. The zero-order valence-electron chi connectivity index (χ0n) is 19.6. The second-order valence-corrected chi connectivity index (χ2v) is 7.93. The van der Waals surface area contributed by atoms with Crippen LogP contribution in [-0.2, 0) is 22.6 Å². The zero-order chi connectivity index (χ0) is 22.6. The van der Waals surface area contributed by atoms with Crippen LogP contribution in [0.3, 0.4) is 0 Å². The molecule has 180 valence electrons. The van der Waals surface area contributed by atoms with Gasteiger partial charge in [-0.1, -0.05) is 36.4 Å². The van der Waals surface area contributed by atoms with Crippen LogP contribution < -0.4 is 16.0 Å². The first-order valence-electron chi connectivity index (χ1n) is 11.4. The van der Waals surface area contributed by atoms with Gasteiger partial charge in [-0.3, -0.25) is 9.69 Å². The zero-order valence-corrected chi connectivity index (χ0v) is 21.9. The minimum atomic E-state index is 0. The molecular formula is C25H36IN5O2. The van der Waals surface area contributed by atoms with Crippen molar-refractivity contribution < 1.29 is 9.53 Å². The number of carbonyl (C=O) groups is 1. The molecule has 1 saturated heterocycles. The van der Waals surface area contributed by atoms with E-state index in [1.165, 1.54) is 11.1 Å². The quantitative estimate of drug-likeness (QED) is 0.247. The van der Waals surface area contributed by atoms with Crippen LogP contribution in [0.2, 0.25) is 0 Å². The highest BCUT2D eigenvalue weighted by molar-refractivity contribution is 14.0. The van der Waals surface area contributed by atoms with Gasteiger partial charge in [0.25, 0.3) is 0 Å². The van der Waals surface area contributed by atoms with E-state index in [4.69, 9.17) is 9.73 Å². The summed E-state index contributed by atoms with van der Waals surface area (Å²) in [5, 5.41) is 9.70. The van der Waals surface area contributed by atoms with Crippen LogP contribution >= 0.6 is 24.0 Å². The summed E-state index contributed by atoms with van der Waals surface area (Å²) in [5.74, 6) is 0.807. The number of nitrogens with zero attached hydrogens (tertiary/aromatic N) is 2. The van der Waals surface area contributed by atoms with Crippen molar-refractivity contribution in [3.63, 3.8) is 0 Å². The van der Waals surface area contributed by atoms with Crippen LogP contribution in [0, 0.1) is 6.92 Å². The Hall–Kier alpha value is -2.17. The minimum absolute atomic E-state index is 0. The first kappa shape index (κ1) is 27.1. The molecule has 1 fully saturated rings. The molecule has 1 aliphatic heterocycles. The molecule has 0 saturated carbocycles. The van der Waals surface area contributed by atoms with Crippen molar-refractivity contribution in [2.24, 2.45) is 4.99 Å². The number of hydrogen-bond donors (Lipinski definition) is 3. The van der Waals surface area contributed by atoms with Crippen molar-refractivity contribution in [1.82, 2.24) is 15.5 Å². The van der Waals surface area contributed by atoms with Gasteiger partial charge in [0.15, 0.2) is 5.96 Å². The van der Waals surface area contributed by atoms with Crippen molar-refractivity contribution >= 4 is 41.5 Å². The van der Waals surface area contributed by atoms with Crippen LogP contribution in [-0.4, -0.2) is 56.2 Å². The van der Waals surface area contributed by atoms with Crippen LogP contribution in [0.4, 0.5) is 5.69 Å². The number of anilines is 1. The lowest BCUT2D eigenvalue weighted by molar-refractivity contribution is -0.116.